The molecule has 2 aromatic carbocycles. The van der Waals surface area contributed by atoms with E-state index in [9.17, 15) is 0 Å². The molecule has 2 aromatic rings. The van der Waals surface area contributed by atoms with Crippen molar-refractivity contribution >= 4 is 0 Å². The zero-order chi connectivity index (χ0) is 13.9. The molecule has 0 aromatic heterocycles. The van der Waals surface area contributed by atoms with Gasteiger partial charge in [0.05, 0.1) is 0 Å². The van der Waals surface area contributed by atoms with Gasteiger partial charge in [0.15, 0.2) is 0 Å². The molecule has 106 valence electrons. The third-order valence-electron chi connectivity index (χ3n) is 3.67. The number of likely N-dealkylation sites (tertiary alicyclic amines) is 1. The molecule has 0 N–H and O–H groups in total. The van der Waals surface area contributed by atoms with Crippen molar-refractivity contribution in [3.05, 3.63) is 72.3 Å². The number of benzene rings is 2. The second-order valence-electron chi connectivity index (χ2n) is 5.29. The lowest BCUT2D eigenvalue weighted by Crippen LogP contribution is -2.31. The van der Waals surface area contributed by atoms with Gasteiger partial charge < -0.3 is 4.90 Å². The Bertz CT molecular complexity index is 405. The Balaban J connectivity index is 0.000000205. The zero-order valence-electron chi connectivity index (χ0n) is 12.2. The first-order chi connectivity index (χ1) is 9.95. The minimum Gasteiger partial charge on any atom is -0.303 e. The monoisotopic (exact) mass is 267 g/mol. The van der Waals surface area contributed by atoms with Crippen molar-refractivity contribution in [3.8, 4) is 0 Å². The Hall–Kier alpha value is -1.60. The fourth-order valence-electron chi connectivity index (χ4n) is 2.50. The average Bonchev–Trinajstić information content (AvgIpc) is 2.57. The van der Waals surface area contributed by atoms with E-state index in [0.717, 1.165) is 0 Å². The average molecular weight is 267 g/mol. The molecule has 1 heterocycles. The quantitative estimate of drug-likeness (QED) is 0.796. The van der Waals surface area contributed by atoms with Crippen LogP contribution in [0.5, 0.6) is 0 Å². The number of rotatable bonds is 3. The third-order valence-corrected chi connectivity index (χ3v) is 3.67. The van der Waals surface area contributed by atoms with Gasteiger partial charge in [-0.05, 0) is 37.9 Å². The molecule has 3 rings (SSSR count). The molecule has 0 atom stereocenters. The van der Waals surface area contributed by atoms with Gasteiger partial charge in [-0.1, -0.05) is 73.2 Å². The van der Waals surface area contributed by atoms with Crippen molar-refractivity contribution in [3.63, 3.8) is 0 Å². The predicted molar refractivity (Wildman–Crippen MR) is 86.9 cm³/mol. The van der Waals surface area contributed by atoms with E-state index in [1.807, 2.05) is 36.4 Å². The standard InChI is InChI=1S/C13H19N.C6H6/c1-3-7-13(8-4-1)9-12-14-10-5-2-6-11-14;1-2-4-6-5-3-1/h1,3-4,7-8H,2,5-6,9-12H2;1-6H. The van der Waals surface area contributed by atoms with Crippen molar-refractivity contribution in [1.29, 1.82) is 0 Å². The first-order valence-corrected chi connectivity index (χ1v) is 7.71. The van der Waals surface area contributed by atoms with Crippen LogP contribution in [0, 0.1) is 0 Å². The highest BCUT2D eigenvalue weighted by molar-refractivity contribution is 5.14. The van der Waals surface area contributed by atoms with Crippen LogP contribution < -0.4 is 0 Å². The van der Waals surface area contributed by atoms with Gasteiger partial charge >= 0.3 is 0 Å². The molecule has 1 nitrogen and oxygen atoms in total. The molecule has 0 saturated carbocycles. The summed E-state index contributed by atoms with van der Waals surface area (Å²) in [6.07, 6.45) is 5.44. The van der Waals surface area contributed by atoms with Crippen molar-refractivity contribution in [2.45, 2.75) is 25.7 Å². The van der Waals surface area contributed by atoms with Crippen molar-refractivity contribution in [2.24, 2.45) is 0 Å². The van der Waals surface area contributed by atoms with E-state index in [-0.39, 0.29) is 0 Å². The Morgan fingerprint density at radius 1 is 0.650 bits per heavy atom. The smallest absolute Gasteiger partial charge is 0.00218 e. The summed E-state index contributed by atoms with van der Waals surface area (Å²) in [6.45, 7) is 3.86. The van der Waals surface area contributed by atoms with Gasteiger partial charge in [0, 0.05) is 6.54 Å². The fraction of sp³-hybridized carbons (Fsp3) is 0.368. The van der Waals surface area contributed by atoms with Crippen molar-refractivity contribution in [1.82, 2.24) is 4.90 Å². The van der Waals surface area contributed by atoms with Gasteiger partial charge in [-0.2, -0.15) is 0 Å². The summed E-state index contributed by atoms with van der Waals surface area (Å²) in [7, 11) is 0. The van der Waals surface area contributed by atoms with E-state index >= 15 is 0 Å². The van der Waals surface area contributed by atoms with Crippen LogP contribution in [0.3, 0.4) is 0 Å². The molecule has 1 heteroatoms. The fourth-order valence-corrected chi connectivity index (χ4v) is 2.50. The summed E-state index contributed by atoms with van der Waals surface area (Å²) in [6, 6.07) is 22.8. The predicted octanol–water partition coefficient (Wildman–Crippen LogP) is 4.40. The molecular weight excluding hydrogens is 242 g/mol. The minimum absolute atomic E-state index is 1.21. The van der Waals surface area contributed by atoms with Crippen LogP contribution in [-0.4, -0.2) is 24.5 Å². The van der Waals surface area contributed by atoms with Crippen molar-refractivity contribution in [2.75, 3.05) is 19.6 Å². The highest BCUT2D eigenvalue weighted by atomic mass is 15.1. The first-order valence-electron chi connectivity index (χ1n) is 7.71. The van der Waals surface area contributed by atoms with Gasteiger partial charge in [-0.15, -0.1) is 0 Å². The van der Waals surface area contributed by atoms with Gasteiger partial charge in [-0.25, -0.2) is 0 Å². The van der Waals surface area contributed by atoms with Crippen LogP contribution in [0.15, 0.2) is 66.7 Å². The summed E-state index contributed by atoms with van der Waals surface area (Å²) in [5.41, 5.74) is 1.47. The van der Waals surface area contributed by atoms with E-state index in [4.69, 9.17) is 0 Å². The summed E-state index contributed by atoms with van der Waals surface area (Å²) >= 11 is 0. The second-order valence-corrected chi connectivity index (χ2v) is 5.29. The summed E-state index contributed by atoms with van der Waals surface area (Å²) in [5.74, 6) is 0. The Morgan fingerprint density at radius 3 is 1.70 bits per heavy atom. The van der Waals surface area contributed by atoms with Crippen molar-refractivity contribution < 1.29 is 0 Å². The van der Waals surface area contributed by atoms with E-state index in [1.54, 1.807) is 0 Å². The molecule has 1 fully saturated rings. The molecular formula is C19H25N. The van der Waals surface area contributed by atoms with E-state index in [0.29, 0.717) is 0 Å². The maximum atomic E-state index is 2.59. The summed E-state index contributed by atoms with van der Waals surface area (Å²) in [5, 5.41) is 0. The molecule has 0 aliphatic carbocycles. The van der Waals surface area contributed by atoms with E-state index in [1.165, 1.54) is 50.9 Å². The van der Waals surface area contributed by atoms with E-state index in [2.05, 4.69) is 35.2 Å². The summed E-state index contributed by atoms with van der Waals surface area (Å²) in [4.78, 5) is 2.59. The summed E-state index contributed by atoms with van der Waals surface area (Å²) < 4.78 is 0. The van der Waals surface area contributed by atoms with Gasteiger partial charge in [0.25, 0.3) is 0 Å². The molecule has 0 bridgehead atoms. The molecule has 0 amide bonds. The second kappa shape index (κ2) is 9.33. The largest absolute Gasteiger partial charge is 0.303 e. The lowest BCUT2D eigenvalue weighted by molar-refractivity contribution is 0.231. The Labute approximate surface area is 123 Å². The minimum atomic E-state index is 1.21. The topological polar surface area (TPSA) is 3.24 Å². The Morgan fingerprint density at radius 2 is 1.15 bits per heavy atom. The molecule has 0 spiro atoms. The number of nitrogens with zero attached hydrogens (tertiary/aromatic N) is 1. The third kappa shape index (κ3) is 6.03. The van der Waals surface area contributed by atoms with Crippen LogP contribution in [0.1, 0.15) is 24.8 Å². The van der Waals surface area contributed by atoms with Crippen LogP contribution in [0.25, 0.3) is 0 Å². The zero-order valence-corrected chi connectivity index (χ0v) is 12.2. The molecule has 0 unspecified atom stereocenters. The molecule has 1 aliphatic rings. The Kier molecular flexibility index (Phi) is 6.90. The maximum Gasteiger partial charge on any atom is 0.00218 e. The number of piperidine rings is 1. The van der Waals surface area contributed by atoms with Gasteiger partial charge in [-0.3, -0.25) is 0 Å². The maximum absolute atomic E-state index is 2.59. The first kappa shape index (κ1) is 14.8. The SMILES string of the molecule is c1ccc(CCN2CCCCC2)cc1.c1ccccc1. The van der Waals surface area contributed by atoms with Crippen LogP contribution in [-0.2, 0) is 6.42 Å². The molecule has 1 aliphatic heterocycles. The lowest BCUT2D eigenvalue weighted by atomic mass is 10.1. The van der Waals surface area contributed by atoms with Gasteiger partial charge in [0.2, 0.25) is 0 Å². The number of hydrogen-bond donors (Lipinski definition) is 0. The van der Waals surface area contributed by atoms with Crippen LogP contribution in [0.4, 0.5) is 0 Å². The normalized spacial score (nSPS) is 15.2. The van der Waals surface area contributed by atoms with Gasteiger partial charge in [0.1, 0.15) is 0 Å². The number of hydrogen-bond acceptors (Lipinski definition) is 1. The molecule has 1 saturated heterocycles. The highest BCUT2D eigenvalue weighted by Gasteiger charge is 2.08. The van der Waals surface area contributed by atoms with E-state index < -0.39 is 0 Å². The highest BCUT2D eigenvalue weighted by Crippen LogP contribution is 2.09. The lowest BCUT2D eigenvalue weighted by Gasteiger charge is -2.26. The van der Waals surface area contributed by atoms with Crippen LogP contribution >= 0.6 is 0 Å². The molecule has 0 radical (unpaired) electrons. The molecule has 20 heavy (non-hydrogen) atoms. The van der Waals surface area contributed by atoms with Crippen LogP contribution in [0.2, 0.25) is 0 Å².